The average molecular weight is 424 g/mol. The number of hydrogen-bond donors (Lipinski definition) is 1. The maximum absolute atomic E-state index is 12.8. The number of carbonyl (C=O) groups is 1. The molecule has 2 aliphatic rings. The number of esters is 1. The molecule has 28 heavy (non-hydrogen) atoms. The highest BCUT2D eigenvalue weighted by Gasteiger charge is 2.27. The molecule has 1 saturated heterocycles. The molecule has 5 nitrogen and oxygen atoms in total. The van der Waals surface area contributed by atoms with Gasteiger partial charge in [-0.15, -0.1) is 11.3 Å². The van der Waals surface area contributed by atoms with Crippen molar-refractivity contribution in [1.29, 1.82) is 0 Å². The van der Waals surface area contributed by atoms with Crippen LogP contribution in [0.1, 0.15) is 66.8 Å². The first-order chi connectivity index (χ1) is 13.6. The van der Waals surface area contributed by atoms with Crippen molar-refractivity contribution in [1.82, 2.24) is 9.80 Å². The van der Waals surface area contributed by atoms with Gasteiger partial charge in [-0.2, -0.15) is 0 Å². The predicted molar refractivity (Wildman–Crippen MR) is 121 cm³/mol. The fourth-order valence-corrected chi connectivity index (χ4v) is 5.72. The molecular formula is C21H33N3O2S2. The van der Waals surface area contributed by atoms with Gasteiger partial charge < -0.3 is 15.0 Å². The van der Waals surface area contributed by atoms with Gasteiger partial charge in [-0.3, -0.25) is 4.90 Å². The van der Waals surface area contributed by atoms with Crippen LogP contribution in [0.4, 0.5) is 5.00 Å². The molecule has 156 valence electrons. The third-order valence-electron chi connectivity index (χ3n) is 5.57. The third-order valence-corrected chi connectivity index (χ3v) is 7.14. The normalized spacial score (nSPS) is 18.1. The van der Waals surface area contributed by atoms with Crippen LogP contribution in [-0.2, 0) is 17.6 Å². The van der Waals surface area contributed by atoms with Gasteiger partial charge in [0.25, 0.3) is 0 Å². The van der Waals surface area contributed by atoms with E-state index in [1.165, 1.54) is 36.1 Å². The van der Waals surface area contributed by atoms with Gasteiger partial charge >= 0.3 is 5.97 Å². The molecule has 0 radical (unpaired) electrons. The maximum atomic E-state index is 12.8. The Kier molecular flexibility index (Phi) is 8.11. The molecule has 0 unspecified atom stereocenters. The number of nitrogens with one attached hydrogen (secondary N) is 1. The predicted octanol–water partition coefficient (Wildman–Crippen LogP) is 4.31. The van der Waals surface area contributed by atoms with Gasteiger partial charge in [0.05, 0.1) is 12.2 Å². The highest BCUT2D eigenvalue weighted by Crippen LogP contribution is 2.37. The third kappa shape index (κ3) is 5.24. The lowest BCUT2D eigenvalue weighted by Crippen LogP contribution is -2.50. The van der Waals surface area contributed by atoms with Crippen molar-refractivity contribution in [2.75, 3.05) is 44.6 Å². The van der Waals surface area contributed by atoms with E-state index < -0.39 is 0 Å². The highest BCUT2D eigenvalue weighted by atomic mass is 32.1. The van der Waals surface area contributed by atoms with E-state index in [2.05, 4.69) is 22.0 Å². The van der Waals surface area contributed by atoms with Gasteiger partial charge in [-0.05, 0) is 63.4 Å². The number of nitrogens with zero attached hydrogens (tertiary/aromatic N) is 2. The zero-order valence-electron chi connectivity index (χ0n) is 17.2. The second-order valence-electron chi connectivity index (χ2n) is 7.60. The van der Waals surface area contributed by atoms with Crippen LogP contribution in [0, 0.1) is 0 Å². The molecule has 0 atom stereocenters. The first-order valence-corrected chi connectivity index (χ1v) is 12.0. The van der Waals surface area contributed by atoms with Crippen molar-refractivity contribution in [3.63, 3.8) is 0 Å². The summed E-state index contributed by atoms with van der Waals surface area (Å²) in [5.41, 5.74) is 1.93. The summed E-state index contributed by atoms with van der Waals surface area (Å²) in [6.45, 7) is 9.59. The number of anilines is 1. The molecule has 0 saturated carbocycles. The zero-order valence-corrected chi connectivity index (χ0v) is 18.9. The number of fused-ring (bicyclic) bond motifs is 1. The first-order valence-electron chi connectivity index (χ1n) is 10.7. The molecule has 1 aliphatic heterocycles. The summed E-state index contributed by atoms with van der Waals surface area (Å²) in [5.74, 6) is -0.210. The van der Waals surface area contributed by atoms with Crippen LogP contribution in [0.15, 0.2) is 0 Å². The molecule has 2 heterocycles. The van der Waals surface area contributed by atoms with E-state index in [4.69, 9.17) is 17.0 Å². The molecule has 0 bridgehead atoms. The van der Waals surface area contributed by atoms with Crippen LogP contribution in [0.3, 0.4) is 0 Å². The van der Waals surface area contributed by atoms with Gasteiger partial charge in [-0.1, -0.05) is 19.8 Å². The van der Waals surface area contributed by atoms with Crippen LogP contribution in [0.2, 0.25) is 0 Å². The second-order valence-corrected chi connectivity index (χ2v) is 9.09. The number of carbonyl (C=O) groups excluding carboxylic acids is 1. The standard InChI is InChI=1S/C21H33N3O2S2/c1-3-11-23-12-14-24(15-13-23)21(27)22-19-18(20(25)26-4-2)16-9-7-5-6-8-10-17(16)28-19/h3-15H2,1-2H3,(H,22,27). The van der Waals surface area contributed by atoms with Crippen molar-refractivity contribution in [2.24, 2.45) is 0 Å². The van der Waals surface area contributed by atoms with Gasteiger partial charge in [0.15, 0.2) is 5.11 Å². The van der Waals surface area contributed by atoms with Crippen molar-refractivity contribution < 1.29 is 9.53 Å². The molecular weight excluding hydrogens is 390 g/mol. The molecule has 0 spiro atoms. The lowest BCUT2D eigenvalue weighted by Gasteiger charge is -2.36. The lowest BCUT2D eigenvalue weighted by atomic mass is 9.96. The van der Waals surface area contributed by atoms with E-state index >= 15 is 0 Å². The Morgan fingerprint density at radius 1 is 1.11 bits per heavy atom. The van der Waals surface area contributed by atoms with Crippen molar-refractivity contribution in [2.45, 2.75) is 58.8 Å². The van der Waals surface area contributed by atoms with Crippen LogP contribution in [0.25, 0.3) is 0 Å². The van der Waals surface area contributed by atoms with Gasteiger partial charge in [0.1, 0.15) is 5.00 Å². The van der Waals surface area contributed by atoms with E-state index in [1.54, 1.807) is 11.3 Å². The molecule has 1 fully saturated rings. The number of thiocarbonyl (C=S) groups is 1. The fraction of sp³-hybridized carbons (Fsp3) is 0.714. The fourth-order valence-electron chi connectivity index (χ4n) is 4.09. The largest absolute Gasteiger partial charge is 0.462 e. The average Bonchev–Trinajstić information content (AvgIpc) is 2.99. The molecule has 1 aliphatic carbocycles. The van der Waals surface area contributed by atoms with E-state index in [0.717, 1.165) is 67.7 Å². The smallest absolute Gasteiger partial charge is 0.341 e. The Morgan fingerprint density at radius 2 is 1.82 bits per heavy atom. The first kappa shape index (κ1) is 21.5. The summed E-state index contributed by atoms with van der Waals surface area (Å²) in [6, 6.07) is 0. The van der Waals surface area contributed by atoms with Crippen LogP contribution in [0.5, 0.6) is 0 Å². The minimum Gasteiger partial charge on any atom is -0.462 e. The highest BCUT2D eigenvalue weighted by molar-refractivity contribution is 7.80. The van der Waals surface area contributed by atoms with E-state index in [9.17, 15) is 4.79 Å². The monoisotopic (exact) mass is 423 g/mol. The van der Waals surface area contributed by atoms with Crippen LogP contribution in [-0.4, -0.2) is 60.2 Å². The summed E-state index contributed by atoms with van der Waals surface area (Å²) >= 11 is 7.42. The SMILES string of the molecule is CCCN1CCN(C(=S)Nc2sc3c(c2C(=O)OCC)CCCCCC3)CC1. The molecule has 3 rings (SSSR count). The van der Waals surface area contributed by atoms with E-state index in [0.29, 0.717) is 6.61 Å². The molecule has 0 aromatic carbocycles. The van der Waals surface area contributed by atoms with Crippen LogP contribution < -0.4 is 5.32 Å². The van der Waals surface area contributed by atoms with Crippen molar-refractivity contribution in [3.8, 4) is 0 Å². The van der Waals surface area contributed by atoms with Gasteiger partial charge in [-0.25, -0.2) is 4.79 Å². The van der Waals surface area contributed by atoms with Crippen molar-refractivity contribution >= 4 is 39.6 Å². The quantitative estimate of drug-likeness (QED) is 0.562. The van der Waals surface area contributed by atoms with E-state index in [-0.39, 0.29) is 5.97 Å². The Bertz CT molecular complexity index is 681. The minimum atomic E-state index is -0.210. The Hall–Kier alpha value is -1.18. The number of piperazine rings is 1. The minimum absolute atomic E-state index is 0.210. The van der Waals surface area contributed by atoms with Gasteiger partial charge in [0.2, 0.25) is 0 Å². The number of thiophene rings is 1. The Labute approximate surface area is 178 Å². The number of ether oxygens (including phenoxy) is 1. The molecule has 0 amide bonds. The molecule has 1 aromatic heterocycles. The number of hydrogen-bond acceptors (Lipinski definition) is 5. The summed E-state index contributed by atoms with van der Waals surface area (Å²) in [7, 11) is 0. The topological polar surface area (TPSA) is 44.8 Å². The second kappa shape index (κ2) is 10.6. The Morgan fingerprint density at radius 3 is 2.50 bits per heavy atom. The summed E-state index contributed by atoms with van der Waals surface area (Å²) < 4.78 is 5.40. The maximum Gasteiger partial charge on any atom is 0.341 e. The molecule has 7 heteroatoms. The molecule has 1 N–H and O–H groups in total. The molecule has 1 aromatic rings. The van der Waals surface area contributed by atoms with E-state index in [1.807, 2.05) is 6.92 Å². The summed E-state index contributed by atoms with van der Waals surface area (Å²) in [5, 5.41) is 5.03. The van der Waals surface area contributed by atoms with Crippen molar-refractivity contribution in [3.05, 3.63) is 16.0 Å². The summed E-state index contributed by atoms with van der Waals surface area (Å²) in [4.78, 5) is 18.8. The number of rotatable bonds is 5. The van der Waals surface area contributed by atoms with Crippen LogP contribution >= 0.6 is 23.6 Å². The summed E-state index contributed by atoms with van der Waals surface area (Å²) in [6.07, 6.45) is 8.04. The Balaban J connectivity index is 1.76. The number of aryl methyl sites for hydroxylation is 1. The van der Waals surface area contributed by atoms with Gasteiger partial charge in [0, 0.05) is 31.1 Å². The zero-order chi connectivity index (χ0) is 19.9. The lowest BCUT2D eigenvalue weighted by molar-refractivity contribution is 0.0526.